The van der Waals surface area contributed by atoms with Crippen molar-refractivity contribution in [3.63, 3.8) is 0 Å². The summed E-state index contributed by atoms with van der Waals surface area (Å²) >= 11 is 0. The molecule has 0 saturated carbocycles. The first-order valence-electron chi connectivity index (χ1n) is 5.58. The highest BCUT2D eigenvalue weighted by Crippen LogP contribution is 2.22. The molecule has 0 unspecified atom stereocenters. The molecule has 0 atom stereocenters. The molecule has 0 aliphatic rings. The number of rotatable bonds is 4. The lowest BCUT2D eigenvalue weighted by molar-refractivity contribution is 0.280. The van der Waals surface area contributed by atoms with Crippen LogP contribution >= 0.6 is 0 Å². The van der Waals surface area contributed by atoms with E-state index in [-0.39, 0.29) is 18.2 Å². The summed E-state index contributed by atoms with van der Waals surface area (Å²) in [5, 5.41) is 0. The number of benzene rings is 1. The van der Waals surface area contributed by atoms with Crippen LogP contribution in [0.15, 0.2) is 36.5 Å². The van der Waals surface area contributed by atoms with Gasteiger partial charge in [-0.2, -0.15) is 0 Å². The highest BCUT2D eigenvalue weighted by molar-refractivity contribution is 5.31. The second kappa shape index (κ2) is 5.49. The molecule has 94 valence electrons. The van der Waals surface area contributed by atoms with Crippen LogP contribution in [-0.4, -0.2) is 12.1 Å². The summed E-state index contributed by atoms with van der Waals surface area (Å²) in [5.41, 5.74) is 1.34. The number of ether oxygens (including phenoxy) is 2. The van der Waals surface area contributed by atoms with E-state index in [1.165, 1.54) is 0 Å². The third-order valence-electron chi connectivity index (χ3n) is 2.58. The Kier molecular flexibility index (Phi) is 3.77. The molecule has 0 aliphatic heterocycles. The number of aryl methyl sites for hydroxylation is 1. The molecule has 0 radical (unpaired) electrons. The molecule has 0 bridgehead atoms. The lowest BCUT2D eigenvalue weighted by atomic mass is 10.2. The third kappa shape index (κ3) is 2.59. The zero-order valence-corrected chi connectivity index (χ0v) is 10.3. The topological polar surface area (TPSA) is 31.4 Å². The van der Waals surface area contributed by atoms with Gasteiger partial charge < -0.3 is 9.47 Å². The summed E-state index contributed by atoms with van der Waals surface area (Å²) in [5.74, 6) is 0.395. The molecule has 1 heterocycles. The van der Waals surface area contributed by atoms with Crippen molar-refractivity contribution in [1.29, 1.82) is 0 Å². The summed E-state index contributed by atoms with van der Waals surface area (Å²) in [6.45, 7) is 1.92. The van der Waals surface area contributed by atoms with E-state index in [1.807, 2.05) is 6.07 Å². The van der Waals surface area contributed by atoms with Crippen LogP contribution in [0, 0.1) is 12.7 Å². The Morgan fingerprint density at radius 2 is 2.06 bits per heavy atom. The number of pyridine rings is 1. The number of aromatic nitrogens is 1. The minimum absolute atomic E-state index is 0.220. The number of hydrogen-bond acceptors (Lipinski definition) is 3. The van der Waals surface area contributed by atoms with Gasteiger partial charge in [0.25, 0.3) is 0 Å². The number of methoxy groups -OCH3 is 1. The molecular weight excluding hydrogens is 233 g/mol. The maximum atomic E-state index is 13.7. The van der Waals surface area contributed by atoms with Gasteiger partial charge in [0, 0.05) is 6.20 Å². The summed E-state index contributed by atoms with van der Waals surface area (Å²) in [4.78, 5) is 4.05. The molecule has 2 rings (SSSR count). The van der Waals surface area contributed by atoms with E-state index >= 15 is 0 Å². The van der Waals surface area contributed by atoms with Gasteiger partial charge in [-0.05, 0) is 30.7 Å². The van der Waals surface area contributed by atoms with Crippen molar-refractivity contribution in [2.24, 2.45) is 0 Å². The maximum Gasteiger partial charge on any atom is 0.219 e. The quantitative estimate of drug-likeness (QED) is 0.831. The second-order valence-electron chi connectivity index (χ2n) is 3.85. The van der Waals surface area contributed by atoms with E-state index in [9.17, 15) is 4.39 Å². The van der Waals surface area contributed by atoms with Crippen molar-refractivity contribution < 1.29 is 13.9 Å². The Labute approximate surface area is 105 Å². The second-order valence-corrected chi connectivity index (χ2v) is 3.85. The van der Waals surface area contributed by atoms with Crippen LogP contribution in [0.2, 0.25) is 0 Å². The van der Waals surface area contributed by atoms with Crippen LogP contribution in [0.25, 0.3) is 0 Å². The van der Waals surface area contributed by atoms with Gasteiger partial charge in [0.15, 0.2) is 11.6 Å². The molecule has 1 aromatic heterocycles. The van der Waals surface area contributed by atoms with Gasteiger partial charge in [0.05, 0.1) is 12.7 Å². The largest absolute Gasteiger partial charge is 0.486 e. The van der Waals surface area contributed by atoms with E-state index in [0.29, 0.717) is 11.4 Å². The fourth-order valence-electron chi connectivity index (χ4n) is 1.61. The van der Waals surface area contributed by atoms with Gasteiger partial charge in [-0.3, -0.25) is 0 Å². The van der Waals surface area contributed by atoms with Crippen molar-refractivity contribution in [2.75, 3.05) is 7.11 Å². The van der Waals surface area contributed by atoms with Gasteiger partial charge in [-0.1, -0.05) is 12.1 Å². The van der Waals surface area contributed by atoms with Gasteiger partial charge in [0.2, 0.25) is 5.88 Å². The number of nitrogens with zero attached hydrogens (tertiary/aromatic N) is 1. The van der Waals surface area contributed by atoms with Crippen LogP contribution in [0.1, 0.15) is 11.1 Å². The Hall–Kier alpha value is -2.10. The Morgan fingerprint density at radius 1 is 1.22 bits per heavy atom. The highest BCUT2D eigenvalue weighted by Gasteiger charge is 2.08. The van der Waals surface area contributed by atoms with Crippen LogP contribution < -0.4 is 9.47 Å². The van der Waals surface area contributed by atoms with Gasteiger partial charge in [-0.15, -0.1) is 0 Å². The highest BCUT2D eigenvalue weighted by atomic mass is 19.1. The number of hydrogen-bond donors (Lipinski definition) is 0. The predicted octanol–water partition coefficient (Wildman–Crippen LogP) is 3.12. The molecule has 0 amide bonds. The first-order chi connectivity index (χ1) is 8.72. The molecule has 0 spiro atoms. The normalized spacial score (nSPS) is 10.2. The Balaban J connectivity index is 2.14. The van der Waals surface area contributed by atoms with E-state index in [1.54, 1.807) is 44.5 Å². The van der Waals surface area contributed by atoms with Crippen molar-refractivity contribution in [1.82, 2.24) is 4.98 Å². The number of halogens is 1. The minimum atomic E-state index is -0.333. The van der Waals surface area contributed by atoms with Crippen molar-refractivity contribution in [3.8, 4) is 11.6 Å². The molecule has 0 aliphatic carbocycles. The molecule has 0 fully saturated rings. The smallest absolute Gasteiger partial charge is 0.219 e. The maximum absolute atomic E-state index is 13.7. The standard InChI is InChI=1S/C14H14FNO2/c1-10-5-3-7-12(13(10)15)18-9-11-6-4-8-16-14(11)17-2/h3-8H,9H2,1-2H3. The van der Waals surface area contributed by atoms with E-state index < -0.39 is 0 Å². The van der Waals surface area contributed by atoms with E-state index in [2.05, 4.69) is 4.98 Å². The molecule has 0 saturated heterocycles. The van der Waals surface area contributed by atoms with Crippen LogP contribution in [0.5, 0.6) is 11.6 Å². The van der Waals surface area contributed by atoms with E-state index in [4.69, 9.17) is 9.47 Å². The minimum Gasteiger partial charge on any atom is -0.486 e. The first kappa shape index (κ1) is 12.4. The molecular formula is C14H14FNO2. The average molecular weight is 247 g/mol. The van der Waals surface area contributed by atoms with Crippen LogP contribution in [-0.2, 0) is 6.61 Å². The van der Waals surface area contributed by atoms with Crippen molar-refractivity contribution in [3.05, 3.63) is 53.5 Å². The van der Waals surface area contributed by atoms with E-state index in [0.717, 1.165) is 5.56 Å². The first-order valence-corrected chi connectivity index (χ1v) is 5.58. The third-order valence-corrected chi connectivity index (χ3v) is 2.58. The summed E-state index contributed by atoms with van der Waals surface area (Å²) in [6, 6.07) is 8.68. The Morgan fingerprint density at radius 3 is 2.83 bits per heavy atom. The fraction of sp³-hybridized carbons (Fsp3) is 0.214. The molecule has 1 aromatic carbocycles. The van der Waals surface area contributed by atoms with Crippen molar-refractivity contribution >= 4 is 0 Å². The monoisotopic (exact) mass is 247 g/mol. The van der Waals surface area contributed by atoms with Gasteiger partial charge >= 0.3 is 0 Å². The molecule has 2 aromatic rings. The van der Waals surface area contributed by atoms with Crippen molar-refractivity contribution in [2.45, 2.75) is 13.5 Å². The summed E-state index contributed by atoms with van der Waals surface area (Å²) < 4.78 is 24.3. The van der Waals surface area contributed by atoms with Gasteiger partial charge in [0.1, 0.15) is 6.61 Å². The van der Waals surface area contributed by atoms with Gasteiger partial charge in [-0.25, -0.2) is 9.37 Å². The van der Waals surface area contributed by atoms with Crippen LogP contribution in [0.3, 0.4) is 0 Å². The lowest BCUT2D eigenvalue weighted by Gasteiger charge is -2.10. The fourth-order valence-corrected chi connectivity index (χ4v) is 1.61. The molecule has 0 N–H and O–H groups in total. The zero-order valence-electron chi connectivity index (χ0n) is 10.3. The Bertz CT molecular complexity index is 543. The molecule has 18 heavy (non-hydrogen) atoms. The zero-order chi connectivity index (χ0) is 13.0. The predicted molar refractivity (Wildman–Crippen MR) is 66.3 cm³/mol. The summed E-state index contributed by atoms with van der Waals surface area (Å²) in [6.07, 6.45) is 1.63. The average Bonchev–Trinajstić information content (AvgIpc) is 2.41. The SMILES string of the molecule is COc1ncccc1COc1cccc(C)c1F. The molecule has 3 nitrogen and oxygen atoms in total. The molecule has 4 heteroatoms. The van der Waals surface area contributed by atoms with Crippen LogP contribution in [0.4, 0.5) is 4.39 Å². The lowest BCUT2D eigenvalue weighted by Crippen LogP contribution is -2.01. The summed E-state index contributed by atoms with van der Waals surface area (Å²) in [7, 11) is 1.54.